The lowest BCUT2D eigenvalue weighted by atomic mass is 9.99. The molecule has 1 aliphatic rings. The van der Waals surface area contributed by atoms with Crippen molar-refractivity contribution >= 4 is 17.2 Å². The Morgan fingerprint density at radius 1 is 1.43 bits per heavy atom. The van der Waals surface area contributed by atoms with E-state index in [2.05, 4.69) is 28.4 Å². The first-order valence-electron chi connectivity index (χ1n) is 7.07. The van der Waals surface area contributed by atoms with Crippen LogP contribution in [0.3, 0.4) is 0 Å². The van der Waals surface area contributed by atoms with Gasteiger partial charge in [-0.05, 0) is 35.9 Å². The number of amidine groups is 1. The van der Waals surface area contributed by atoms with Crippen molar-refractivity contribution in [3.63, 3.8) is 0 Å². The molecule has 4 nitrogen and oxygen atoms in total. The highest BCUT2D eigenvalue weighted by atomic mass is 32.1. The molecule has 1 atom stereocenters. The van der Waals surface area contributed by atoms with Gasteiger partial charge in [0.15, 0.2) is 5.84 Å². The van der Waals surface area contributed by atoms with Gasteiger partial charge in [0.2, 0.25) is 0 Å². The Balaban J connectivity index is 1.85. The molecular weight excluding hydrogens is 282 g/mol. The minimum atomic E-state index is 0.173. The molecule has 0 radical (unpaired) electrons. The predicted octanol–water partition coefficient (Wildman–Crippen LogP) is 2.96. The van der Waals surface area contributed by atoms with Gasteiger partial charge in [0, 0.05) is 29.6 Å². The van der Waals surface area contributed by atoms with E-state index in [1.165, 1.54) is 10.4 Å². The molecule has 0 saturated heterocycles. The van der Waals surface area contributed by atoms with Crippen molar-refractivity contribution < 1.29 is 5.21 Å². The highest BCUT2D eigenvalue weighted by Gasteiger charge is 2.25. The maximum atomic E-state index is 8.92. The lowest BCUT2D eigenvalue weighted by Crippen LogP contribution is -2.33. The molecule has 0 spiro atoms. The van der Waals surface area contributed by atoms with E-state index < -0.39 is 0 Å². The first-order chi connectivity index (χ1) is 10.2. The third-order valence-corrected chi connectivity index (χ3v) is 5.17. The van der Waals surface area contributed by atoms with Crippen molar-refractivity contribution in [1.29, 1.82) is 0 Å². The van der Waals surface area contributed by atoms with Gasteiger partial charge in [0.05, 0.1) is 0 Å². The molecular formula is C16H19N3OS. The van der Waals surface area contributed by atoms with E-state index in [9.17, 15) is 0 Å². The van der Waals surface area contributed by atoms with E-state index in [-0.39, 0.29) is 5.84 Å². The first-order valence-corrected chi connectivity index (χ1v) is 7.94. The van der Waals surface area contributed by atoms with Gasteiger partial charge in [-0.15, -0.1) is 11.3 Å². The molecule has 1 aliphatic heterocycles. The fourth-order valence-electron chi connectivity index (χ4n) is 2.96. The standard InChI is InChI=1S/C16H19N3OS/c1-11-13-7-9-21-15(13)6-8-19(11)10-12-4-2-3-5-14(12)16(17)18-20/h2-5,7,9,11,20H,6,8,10H2,1H3,(H2,17,18). The summed E-state index contributed by atoms with van der Waals surface area (Å²) in [5.74, 6) is 0.173. The van der Waals surface area contributed by atoms with Gasteiger partial charge in [-0.1, -0.05) is 29.4 Å². The zero-order chi connectivity index (χ0) is 14.8. The summed E-state index contributed by atoms with van der Waals surface area (Å²) in [5.41, 5.74) is 9.12. The summed E-state index contributed by atoms with van der Waals surface area (Å²) in [5, 5.41) is 14.2. The number of fused-ring (bicyclic) bond motifs is 1. The van der Waals surface area contributed by atoms with Gasteiger partial charge in [-0.25, -0.2) is 0 Å². The number of nitrogens with zero attached hydrogens (tertiary/aromatic N) is 2. The molecule has 2 aromatic rings. The van der Waals surface area contributed by atoms with Gasteiger partial charge >= 0.3 is 0 Å². The van der Waals surface area contributed by atoms with Crippen molar-refractivity contribution in [2.75, 3.05) is 6.54 Å². The maximum Gasteiger partial charge on any atom is 0.170 e. The van der Waals surface area contributed by atoms with E-state index in [0.717, 1.165) is 30.6 Å². The van der Waals surface area contributed by atoms with E-state index >= 15 is 0 Å². The van der Waals surface area contributed by atoms with Crippen molar-refractivity contribution in [1.82, 2.24) is 4.90 Å². The third-order valence-electron chi connectivity index (χ3n) is 4.18. The number of benzene rings is 1. The van der Waals surface area contributed by atoms with Crippen LogP contribution in [-0.2, 0) is 13.0 Å². The Morgan fingerprint density at radius 3 is 3.05 bits per heavy atom. The Morgan fingerprint density at radius 2 is 2.24 bits per heavy atom. The molecule has 0 bridgehead atoms. The molecule has 3 N–H and O–H groups in total. The lowest BCUT2D eigenvalue weighted by molar-refractivity contribution is 0.191. The van der Waals surface area contributed by atoms with Crippen molar-refractivity contribution in [3.8, 4) is 0 Å². The quantitative estimate of drug-likeness (QED) is 0.396. The second kappa shape index (κ2) is 5.87. The number of hydrogen-bond acceptors (Lipinski definition) is 4. The van der Waals surface area contributed by atoms with Crippen LogP contribution in [0.4, 0.5) is 0 Å². The van der Waals surface area contributed by atoms with Crippen LogP contribution in [0.25, 0.3) is 0 Å². The predicted molar refractivity (Wildman–Crippen MR) is 85.8 cm³/mol. The highest BCUT2D eigenvalue weighted by Crippen LogP contribution is 2.33. The summed E-state index contributed by atoms with van der Waals surface area (Å²) >= 11 is 1.85. The summed E-state index contributed by atoms with van der Waals surface area (Å²) in [6.07, 6.45) is 1.10. The Kier molecular flexibility index (Phi) is 3.94. The van der Waals surface area contributed by atoms with E-state index in [4.69, 9.17) is 10.9 Å². The van der Waals surface area contributed by atoms with Crippen LogP contribution in [0.15, 0.2) is 40.9 Å². The van der Waals surface area contributed by atoms with Crippen LogP contribution in [0.5, 0.6) is 0 Å². The summed E-state index contributed by atoms with van der Waals surface area (Å²) in [6.45, 7) is 4.10. The van der Waals surface area contributed by atoms with Crippen molar-refractivity contribution in [2.45, 2.75) is 25.9 Å². The van der Waals surface area contributed by atoms with Gasteiger partial charge in [0.1, 0.15) is 0 Å². The van der Waals surface area contributed by atoms with Crippen LogP contribution in [0.2, 0.25) is 0 Å². The smallest absolute Gasteiger partial charge is 0.170 e. The Labute approximate surface area is 128 Å². The summed E-state index contributed by atoms with van der Waals surface area (Å²) in [4.78, 5) is 3.95. The average molecular weight is 301 g/mol. The second-order valence-electron chi connectivity index (χ2n) is 5.34. The number of nitrogens with two attached hydrogens (primary N) is 1. The largest absolute Gasteiger partial charge is 0.409 e. The molecule has 110 valence electrons. The van der Waals surface area contributed by atoms with Gasteiger partial charge in [-0.3, -0.25) is 4.90 Å². The highest BCUT2D eigenvalue weighted by molar-refractivity contribution is 7.10. The molecule has 21 heavy (non-hydrogen) atoms. The average Bonchev–Trinajstić information content (AvgIpc) is 2.99. The van der Waals surface area contributed by atoms with E-state index in [1.54, 1.807) is 0 Å². The van der Waals surface area contributed by atoms with Crippen molar-refractivity contribution in [3.05, 3.63) is 57.3 Å². The number of hydrogen-bond donors (Lipinski definition) is 2. The van der Waals surface area contributed by atoms with Gasteiger partial charge in [0.25, 0.3) is 0 Å². The molecule has 0 saturated carbocycles. The maximum absolute atomic E-state index is 8.92. The molecule has 3 rings (SSSR count). The van der Waals surface area contributed by atoms with Crippen LogP contribution >= 0.6 is 11.3 Å². The minimum Gasteiger partial charge on any atom is -0.409 e. The van der Waals surface area contributed by atoms with E-state index in [0.29, 0.717) is 6.04 Å². The molecule has 2 heterocycles. The molecule has 5 heteroatoms. The van der Waals surface area contributed by atoms with Crippen LogP contribution < -0.4 is 5.73 Å². The molecule has 0 amide bonds. The summed E-state index contributed by atoms with van der Waals surface area (Å²) in [6, 6.07) is 10.5. The van der Waals surface area contributed by atoms with Crippen molar-refractivity contribution in [2.24, 2.45) is 10.9 Å². The minimum absolute atomic E-state index is 0.173. The second-order valence-corrected chi connectivity index (χ2v) is 6.34. The number of oxime groups is 1. The summed E-state index contributed by atoms with van der Waals surface area (Å²) in [7, 11) is 0. The van der Waals surface area contributed by atoms with Crippen LogP contribution in [0.1, 0.15) is 34.5 Å². The Bertz CT molecular complexity index is 665. The molecule has 1 unspecified atom stereocenters. The Hall–Kier alpha value is -1.85. The van der Waals surface area contributed by atoms with Crippen LogP contribution in [-0.4, -0.2) is 22.5 Å². The molecule has 1 aromatic heterocycles. The molecule has 0 fully saturated rings. The summed E-state index contributed by atoms with van der Waals surface area (Å²) < 4.78 is 0. The zero-order valence-electron chi connectivity index (χ0n) is 12.0. The first kappa shape index (κ1) is 14.1. The monoisotopic (exact) mass is 301 g/mol. The van der Waals surface area contributed by atoms with Crippen LogP contribution in [0, 0.1) is 0 Å². The van der Waals surface area contributed by atoms with Gasteiger partial charge < -0.3 is 10.9 Å². The van der Waals surface area contributed by atoms with E-state index in [1.807, 2.05) is 35.6 Å². The van der Waals surface area contributed by atoms with Gasteiger partial charge in [-0.2, -0.15) is 0 Å². The molecule has 1 aromatic carbocycles. The molecule has 0 aliphatic carbocycles. The normalized spacial score (nSPS) is 19.5. The third kappa shape index (κ3) is 2.66. The lowest BCUT2D eigenvalue weighted by Gasteiger charge is -2.34. The SMILES string of the molecule is CC1c2ccsc2CCN1Cc1ccccc1C(N)=NO. The zero-order valence-corrected chi connectivity index (χ0v) is 12.8. The number of thiophene rings is 1. The topological polar surface area (TPSA) is 61.8 Å². The fraction of sp³-hybridized carbons (Fsp3) is 0.312. The fourth-order valence-corrected chi connectivity index (χ4v) is 3.92. The number of rotatable bonds is 3.